The Bertz CT molecular complexity index is 611. The van der Waals surface area contributed by atoms with E-state index in [1.807, 2.05) is 30.3 Å². The number of benzene rings is 1. The van der Waals surface area contributed by atoms with Crippen LogP contribution in [0.25, 0.3) is 0 Å². The first-order chi connectivity index (χ1) is 12.1. The molecule has 0 unspecified atom stereocenters. The van der Waals surface area contributed by atoms with E-state index in [0.29, 0.717) is 45.4 Å². The van der Waals surface area contributed by atoms with Crippen molar-refractivity contribution in [3.05, 3.63) is 35.9 Å². The first-order valence-electron chi connectivity index (χ1n) is 8.86. The van der Waals surface area contributed by atoms with E-state index in [1.54, 1.807) is 12.0 Å². The summed E-state index contributed by atoms with van der Waals surface area (Å²) in [5.74, 6) is 0.0614. The average Bonchev–Trinajstić information content (AvgIpc) is 2.64. The molecule has 2 aliphatic heterocycles. The van der Waals surface area contributed by atoms with Crippen LogP contribution in [0.5, 0.6) is 0 Å². The Morgan fingerprint density at radius 2 is 2.00 bits per heavy atom. The third-order valence-corrected chi connectivity index (χ3v) is 5.50. The number of methoxy groups -OCH3 is 1. The van der Waals surface area contributed by atoms with E-state index >= 15 is 0 Å². The largest absolute Gasteiger partial charge is 0.391 e. The Balaban J connectivity index is 1.63. The molecule has 1 aromatic rings. The maximum atomic E-state index is 12.8. The van der Waals surface area contributed by atoms with E-state index in [4.69, 9.17) is 4.74 Å². The first-order valence-corrected chi connectivity index (χ1v) is 8.86. The van der Waals surface area contributed by atoms with E-state index in [-0.39, 0.29) is 17.9 Å². The van der Waals surface area contributed by atoms with Crippen LogP contribution in [-0.2, 0) is 14.3 Å². The molecule has 136 valence electrons. The minimum atomic E-state index is -0.615. The van der Waals surface area contributed by atoms with Crippen molar-refractivity contribution in [1.82, 2.24) is 10.2 Å². The maximum absolute atomic E-state index is 12.8. The quantitative estimate of drug-likeness (QED) is 0.860. The van der Waals surface area contributed by atoms with Gasteiger partial charge >= 0.3 is 0 Å². The number of carbonyl (C=O) groups is 2. The van der Waals surface area contributed by atoms with Gasteiger partial charge < -0.3 is 20.1 Å². The van der Waals surface area contributed by atoms with Crippen LogP contribution in [0.1, 0.15) is 37.3 Å². The number of aliphatic hydroxyl groups is 1. The summed E-state index contributed by atoms with van der Waals surface area (Å²) in [6.07, 6.45) is 1.38. The van der Waals surface area contributed by atoms with Crippen LogP contribution >= 0.6 is 0 Å². The summed E-state index contributed by atoms with van der Waals surface area (Å²) in [5.41, 5.74) is 0.355. The molecule has 0 aromatic heterocycles. The molecule has 6 heteroatoms. The van der Waals surface area contributed by atoms with Gasteiger partial charge in [-0.3, -0.25) is 9.59 Å². The summed E-state index contributed by atoms with van der Waals surface area (Å²) in [5, 5.41) is 13.6. The van der Waals surface area contributed by atoms with Gasteiger partial charge in [-0.1, -0.05) is 30.3 Å². The minimum Gasteiger partial charge on any atom is -0.391 e. The molecule has 0 radical (unpaired) electrons. The number of rotatable bonds is 4. The fourth-order valence-electron chi connectivity index (χ4n) is 3.93. The smallest absolute Gasteiger partial charge is 0.227 e. The van der Waals surface area contributed by atoms with Crippen LogP contribution in [0, 0.1) is 5.41 Å². The van der Waals surface area contributed by atoms with Crippen LogP contribution in [0.4, 0.5) is 0 Å². The lowest BCUT2D eigenvalue weighted by molar-refractivity contribution is -0.148. The number of nitrogens with zero attached hydrogens (tertiary/aromatic N) is 1. The summed E-state index contributed by atoms with van der Waals surface area (Å²) in [6.45, 7) is 1.52. The second-order valence-electron chi connectivity index (χ2n) is 7.04. The highest BCUT2D eigenvalue weighted by Crippen LogP contribution is 2.42. The molecule has 25 heavy (non-hydrogen) atoms. The van der Waals surface area contributed by atoms with Crippen molar-refractivity contribution in [1.29, 1.82) is 0 Å². The zero-order valence-corrected chi connectivity index (χ0v) is 14.6. The predicted molar refractivity (Wildman–Crippen MR) is 92.7 cm³/mol. The number of piperidine rings is 2. The molecule has 0 bridgehead atoms. The molecular formula is C19H26N2O4. The van der Waals surface area contributed by atoms with E-state index < -0.39 is 11.5 Å². The second-order valence-corrected chi connectivity index (χ2v) is 7.04. The van der Waals surface area contributed by atoms with Gasteiger partial charge in [-0.05, 0) is 24.8 Å². The highest BCUT2D eigenvalue weighted by molar-refractivity contribution is 5.85. The zero-order valence-electron chi connectivity index (χ0n) is 14.6. The van der Waals surface area contributed by atoms with E-state index in [0.717, 1.165) is 5.56 Å². The van der Waals surface area contributed by atoms with Crippen molar-refractivity contribution in [2.45, 2.75) is 37.8 Å². The van der Waals surface area contributed by atoms with E-state index in [1.165, 1.54) is 0 Å². The van der Waals surface area contributed by atoms with Crippen molar-refractivity contribution in [3.8, 4) is 0 Å². The molecule has 0 saturated carbocycles. The third kappa shape index (κ3) is 3.70. The minimum absolute atomic E-state index is 0.00403. The van der Waals surface area contributed by atoms with Gasteiger partial charge in [0.2, 0.25) is 11.8 Å². The molecule has 2 saturated heterocycles. The second kappa shape index (κ2) is 7.54. The lowest BCUT2D eigenvalue weighted by Crippen LogP contribution is -2.57. The van der Waals surface area contributed by atoms with E-state index in [2.05, 4.69) is 5.32 Å². The van der Waals surface area contributed by atoms with Gasteiger partial charge in [0, 0.05) is 20.2 Å². The molecule has 2 atom stereocenters. The Labute approximate surface area is 148 Å². The molecule has 2 amide bonds. The van der Waals surface area contributed by atoms with Crippen molar-refractivity contribution in [2.75, 3.05) is 26.8 Å². The van der Waals surface area contributed by atoms with Crippen LogP contribution in [0.3, 0.4) is 0 Å². The van der Waals surface area contributed by atoms with Crippen LogP contribution in [0.15, 0.2) is 30.3 Å². The number of likely N-dealkylation sites (tertiary alicyclic amines) is 1. The highest BCUT2D eigenvalue weighted by atomic mass is 16.5. The molecule has 3 rings (SSSR count). The lowest BCUT2D eigenvalue weighted by atomic mass is 9.69. The first kappa shape index (κ1) is 17.9. The van der Waals surface area contributed by atoms with Gasteiger partial charge in [-0.2, -0.15) is 0 Å². The lowest BCUT2D eigenvalue weighted by Gasteiger charge is -2.46. The number of hydrogen-bond acceptors (Lipinski definition) is 4. The Morgan fingerprint density at radius 1 is 1.32 bits per heavy atom. The Kier molecular flexibility index (Phi) is 5.39. The number of ether oxygens (including phenoxy) is 1. The van der Waals surface area contributed by atoms with Crippen LogP contribution < -0.4 is 5.32 Å². The van der Waals surface area contributed by atoms with Crippen molar-refractivity contribution in [2.24, 2.45) is 5.41 Å². The van der Waals surface area contributed by atoms with Gasteiger partial charge in [0.25, 0.3) is 0 Å². The van der Waals surface area contributed by atoms with Gasteiger partial charge in [0.05, 0.1) is 30.6 Å². The molecule has 2 aliphatic rings. The number of carbonyl (C=O) groups excluding carboxylic acids is 2. The highest BCUT2D eigenvalue weighted by Gasteiger charge is 2.48. The molecule has 6 nitrogen and oxygen atoms in total. The van der Waals surface area contributed by atoms with Gasteiger partial charge in [0.1, 0.15) is 0 Å². The normalized spacial score (nSPS) is 25.7. The Hall–Kier alpha value is -1.92. The molecule has 2 N–H and O–H groups in total. The van der Waals surface area contributed by atoms with Crippen LogP contribution in [-0.4, -0.2) is 54.7 Å². The zero-order chi connectivity index (χ0) is 17.9. The topological polar surface area (TPSA) is 78.9 Å². The summed E-state index contributed by atoms with van der Waals surface area (Å²) in [7, 11) is 1.58. The monoisotopic (exact) mass is 346 g/mol. The SMILES string of the molecule is COCCC(=O)N1CCC2(CC1)C[C@@H](O)[C@H](c1ccccc1)NC2=O. The summed E-state index contributed by atoms with van der Waals surface area (Å²) in [6, 6.07) is 9.21. The summed E-state index contributed by atoms with van der Waals surface area (Å²) < 4.78 is 4.95. The molecule has 2 heterocycles. The van der Waals surface area contributed by atoms with Crippen molar-refractivity contribution >= 4 is 11.8 Å². The number of amides is 2. The summed E-state index contributed by atoms with van der Waals surface area (Å²) in [4.78, 5) is 26.7. The molecular weight excluding hydrogens is 320 g/mol. The van der Waals surface area contributed by atoms with Crippen molar-refractivity contribution in [3.63, 3.8) is 0 Å². The maximum Gasteiger partial charge on any atom is 0.227 e. The third-order valence-electron chi connectivity index (χ3n) is 5.50. The number of aliphatic hydroxyl groups excluding tert-OH is 1. The van der Waals surface area contributed by atoms with Crippen LogP contribution in [0.2, 0.25) is 0 Å². The standard InChI is InChI=1S/C19H26N2O4/c1-25-12-7-16(23)21-10-8-19(9-11-21)13-15(22)17(20-18(19)24)14-5-3-2-4-6-14/h2-6,15,17,22H,7-13H2,1H3,(H,20,24)/t15-,17+/m1/s1. The fraction of sp³-hybridized carbons (Fsp3) is 0.579. The molecule has 0 aliphatic carbocycles. The summed E-state index contributed by atoms with van der Waals surface area (Å²) >= 11 is 0. The molecule has 1 spiro atoms. The number of nitrogens with one attached hydrogen (secondary N) is 1. The average molecular weight is 346 g/mol. The van der Waals surface area contributed by atoms with Gasteiger partial charge in [0.15, 0.2) is 0 Å². The molecule has 1 aromatic carbocycles. The van der Waals surface area contributed by atoms with E-state index in [9.17, 15) is 14.7 Å². The van der Waals surface area contributed by atoms with Gasteiger partial charge in [-0.15, -0.1) is 0 Å². The molecule has 2 fully saturated rings. The predicted octanol–water partition coefficient (Wildman–Crippen LogP) is 1.25. The number of hydrogen-bond donors (Lipinski definition) is 2. The van der Waals surface area contributed by atoms with Gasteiger partial charge in [-0.25, -0.2) is 0 Å². The fourth-order valence-corrected chi connectivity index (χ4v) is 3.93. The van der Waals surface area contributed by atoms with Crippen molar-refractivity contribution < 1.29 is 19.4 Å². The Morgan fingerprint density at radius 3 is 2.64 bits per heavy atom.